The molecule has 1 unspecified atom stereocenters. The number of hydrogen-bond donors (Lipinski definition) is 2. The van der Waals surface area contributed by atoms with Crippen molar-refractivity contribution in [2.45, 2.75) is 85.4 Å². The molecule has 0 saturated heterocycles. The summed E-state index contributed by atoms with van der Waals surface area (Å²) in [5.74, 6) is 2.39. The van der Waals surface area contributed by atoms with Crippen LogP contribution < -0.4 is 19.5 Å². The van der Waals surface area contributed by atoms with Crippen molar-refractivity contribution in [2.75, 3.05) is 11.3 Å². The van der Waals surface area contributed by atoms with Crippen molar-refractivity contribution in [1.29, 1.82) is 0 Å². The van der Waals surface area contributed by atoms with Crippen LogP contribution in [-0.4, -0.2) is 38.7 Å². The summed E-state index contributed by atoms with van der Waals surface area (Å²) in [6, 6.07) is 16.6. The molecule has 0 aliphatic rings. The molecule has 4 rings (SSSR count). The summed E-state index contributed by atoms with van der Waals surface area (Å²) in [4.78, 5) is 19.7. The number of rotatable bonds is 13. The van der Waals surface area contributed by atoms with Gasteiger partial charge in [-0.05, 0) is 87.2 Å². The Kier molecular flexibility index (Phi) is 11.0. The van der Waals surface area contributed by atoms with Crippen LogP contribution in [0, 0.1) is 26.2 Å². The second-order valence-corrected chi connectivity index (χ2v) is 13.2. The second kappa shape index (κ2) is 14.7. The average Bonchev–Trinajstić information content (AvgIpc) is 2.93. The Hall–Kier alpha value is -3.69. The van der Waals surface area contributed by atoms with Gasteiger partial charge in [-0.15, -0.1) is 0 Å². The highest BCUT2D eigenvalue weighted by atomic mass is 32.2. The molecule has 0 bridgehead atoms. The minimum Gasteiger partial charge on any atom is -0.488 e. The van der Waals surface area contributed by atoms with Crippen molar-refractivity contribution in [2.24, 2.45) is 5.41 Å². The topological polar surface area (TPSA) is 94.1 Å². The largest absolute Gasteiger partial charge is 0.488 e. The van der Waals surface area contributed by atoms with Crippen LogP contribution in [-0.2, 0) is 6.54 Å². The maximum atomic E-state index is 6.40. The molecule has 0 amide bonds. The van der Waals surface area contributed by atoms with E-state index in [1.807, 2.05) is 26.0 Å². The Morgan fingerprint density at radius 2 is 1.60 bits per heavy atom. The van der Waals surface area contributed by atoms with Crippen molar-refractivity contribution in [3.8, 4) is 22.9 Å². The number of aromatic nitrogens is 4. The van der Waals surface area contributed by atoms with Crippen LogP contribution in [0.3, 0.4) is 0 Å². The molecule has 0 aliphatic carbocycles. The van der Waals surface area contributed by atoms with Gasteiger partial charge < -0.3 is 14.8 Å². The second-order valence-electron chi connectivity index (χ2n) is 12.4. The van der Waals surface area contributed by atoms with Crippen molar-refractivity contribution < 1.29 is 9.47 Å². The molecule has 2 N–H and O–H groups in total. The van der Waals surface area contributed by atoms with Gasteiger partial charge in [0.05, 0.1) is 30.7 Å². The van der Waals surface area contributed by atoms with Crippen molar-refractivity contribution >= 4 is 17.9 Å². The fraction of sp³-hybridized carbons (Fsp3) is 0.412. The molecule has 4 aromatic rings. The van der Waals surface area contributed by atoms with E-state index < -0.39 is 0 Å². The summed E-state index contributed by atoms with van der Waals surface area (Å²) in [6.45, 7) is 17.9. The molecule has 2 aromatic heterocycles. The maximum Gasteiger partial charge on any atom is 0.237 e. The van der Waals surface area contributed by atoms with Crippen molar-refractivity contribution in [3.05, 3.63) is 83.4 Å². The third-order valence-electron chi connectivity index (χ3n) is 6.58. The molecular formula is C34H44N6O2S. The van der Waals surface area contributed by atoms with E-state index in [4.69, 9.17) is 19.4 Å². The third kappa shape index (κ3) is 10.2. The molecule has 1 atom stereocenters. The Bertz CT molecular complexity index is 1470. The van der Waals surface area contributed by atoms with Crippen LogP contribution in [0.2, 0.25) is 0 Å². The van der Waals surface area contributed by atoms with Crippen molar-refractivity contribution in [1.82, 2.24) is 25.3 Å². The van der Waals surface area contributed by atoms with Crippen LogP contribution in [0.1, 0.15) is 63.6 Å². The van der Waals surface area contributed by atoms with Gasteiger partial charge in [0.2, 0.25) is 11.8 Å². The van der Waals surface area contributed by atoms with E-state index in [1.54, 1.807) is 12.4 Å². The number of nitrogens with zero attached hydrogens (tertiary/aromatic N) is 4. The maximum absolute atomic E-state index is 6.40. The lowest BCUT2D eigenvalue weighted by atomic mass is 9.88. The summed E-state index contributed by atoms with van der Waals surface area (Å²) in [5, 5.41) is 3.60. The molecule has 0 aliphatic heterocycles. The van der Waals surface area contributed by atoms with Gasteiger partial charge in [-0.25, -0.2) is 15.0 Å². The van der Waals surface area contributed by atoms with Crippen LogP contribution in [0.15, 0.2) is 65.8 Å². The van der Waals surface area contributed by atoms with Gasteiger partial charge in [-0.3, -0.25) is 4.72 Å². The molecule has 0 saturated carbocycles. The summed E-state index contributed by atoms with van der Waals surface area (Å²) >= 11 is 1.48. The monoisotopic (exact) mass is 600 g/mol. The van der Waals surface area contributed by atoms with Crippen LogP contribution in [0.4, 0.5) is 5.95 Å². The zero-order valence-electron chi connectivity index (χ0n) is 26.6. The molecule has 2 aromatic carbocycles. The van der Waals surface area contributed by atoms with Gasteiger partial charge in [0.25, 0.3) is 0 Å². The number of benzene rings is 2. The summed E-state index contributed by atoms with van der Waals surface area (Å²) in [6.07, 6.45) is 4.41. The summed E-state index contributed by atoms with van der Waals surface area (Å²) in [5.41, 5.74) is 5.50. The highest BCUT2D eigenvalue weighted by molar-refractivity contribution is 8.00. The molecule has 9 heteroatoms. The molecule has 228 valence electrons. The van der Waals surface area contributed by atoms with Crippen LogP contribution >= 0.6 is 11.9 Å². The standard InChI is InChI=1S/C34H44N6O2S/c1-22(2)42-27-18-36-30(37-19-27)20-35-26(17-34(6,7)8)21-41-31-16-29(32-24(4)12-10-13-25(32)5)38-33(39-31)40-43-28-14-9-11-23(3)15-28/h9-16,18-19,22,26,35H,17,20-21H2,1-8H3,(H,38,39,40). The Morgan fingerprint density at radius 3 is 2.26 bits per heavy atom. The van der Waals surface area contributed by atoms with Crippen LogP contribution in [0.25, 0.3) is 11.3 Å². The average molecular weight is 601 g/mol. The quantitative estimate of drug-likeness (QED) is 0.149. The first-order chi connectivity index (χ1) is 20.4. The molecular weight excluding hydrogens is 556 g/mol. The minimum atomic E-state index is 0.0480. The van der Waals surface area contributed by atoms with E-state index in [2.05, 4.69) is 97.9 Å². The summed E-state index contributed by atoms with van der Waals surface area (Å²) < 4.78 is 15.4. The predicted octanol–water partition coefficient (Wildman–Crippen LogP) is 7.74. The van der Waals surface area contributed by atoms with E-state index >= 15 is 0 Å². The smallest absolute Gasteiger partial charge is 0.237 e. The lowest BCUT2D eigenvalue weighted by molar-refractivity contribution is 0.207. The zero-order valence-corrected chi connectivity index (χ0v) is 27.4. The Balaban J connectivity index is 1.53. The SMILES string of the molecule is Cc1cccc(SNc2nc(OCC(CC(C)(C)C)NCc3ncc(OC(C)C)cn3)cc(-c3c(C)cccc3C)n2)c1. The predicted molar refractivity (Wildman–Crippen MR) is 176 cm³/mol. The normalized spacial score (nSPS) is 12.3. The Labute approximate surface area is 260 Å². The summed E-state index contributed by atoms with van der Waals surface area (Å²) in [7, 11) is 0. The number of aryl methyl sites for hydroxylation is 3. The first-order valence-corrected chi connectivity index (χ1v) is 15.6. The lowest BCUT2D eigenvalue weighted by Gasteiger charge is -2.27. The number of ether oxygens (including phenoxy) is 2. The molecule has 8 nitrogen and oxygen atoms in total. The third-order valence-corrected chi connectivity index (χ3v) is 7.36. The van der Waals surface area contributed by atoms with Crippen LogP contribution in [0.5, 0.6) is 11.6 Å². The van der Waals surface area contributed by atoms with E-state index in [0.29, 0.717) is 36.6 Å². The number of hydrogen-bond acceptors (Lipinski definition) is 9. The zero-order chi connectivity index (χ0) is 31.0. The van der Waals surface area contributed by atoms with Gasteiger partial charge in [0, 0.05) is 22.6 Å². The Morgan fingerprint density at radius 1 is 0.907 bits per heavy atom. The molecule has 0 spiro atoms. The molecule has 2 heterocycles. The van der Waals surface area contributed by atoms with Crippen molar-refractivity contribution in [3.63, 3.8) is 0 Å². The number of anilines is 1. The van der Waals surface area contributed by atoms with Gasteiger partial charge in [0.15, 0.2) is 5.75 Å². The minimum absolute atomic E-state index is 0.0480. The fourth-order valence-electron chi connectivity index (χ4n) is 4.79. The molecule has 0 radical (unpaired) electrons. The van der Waals surface area contributed by atoms with Gasteiger partial charge in [-0.1, -0.05) is 51.1 Å². The van der Waals surface area contributed by atoms with Gasteiger partial charge in [-0.2, -0.15) is 4.98 Å². The van der Waals surface area contributed by atoms with E-state index in [-0.39, 0.29) is 17.6 Å². The number of nitrogens with one attached hydrogen (secondary N) is 2. The first-order valence-electron chi connectivity index (χ1n) is 14.7. The van der Waals surface area contributed by atoms with Gasteiger partial charge >= 0.3 is 0 Å². The fourth-order valence-corrected chi connectivity index (χ4v) is 5.48. The molecule has 0 fully saturated rings. The van der Waals surface area contributed by atoms with Gasteiger partial charge in [0.1, 0.15) is 12.4 Å². The van der Waals surface area contributed by atoms with E-state index in [0.717, 1.165) is 33.7 Å². The molecule has 43 heavy (non-hydrogen) atoms. The first kappa shape index (κ1) is 32.2. The lowest BCUT2D eigenvalue weighted by Crippen LogP contribution is -2.38. The van der Waals surface area contributed by atoms with E-state index in [1.165, 1.54) is 17.5 Å². The highest BCUT2D eigenvalue weighted by Crippen LogP contribution is 2.30. The highest BCUT2D eigenvalue weighted by Gasteiger charge is 2.21. The van der Waals surface area contributed by atoms with E-state index in [9.17, 15) is 0 Å².